The molecule has 0 aromatic heterocycles. The Hall–Kier alpha value is -1.90. The summed E-state index contributed by atoms with van der Waals surface area (Å²) < 4.78 is 19.3. The molecule has 5 heteroatoms. The molecule has 1 fully saturated rings. The molecule has 21 heavy (non-hydrogen) atoms. The summed E-state index contributed by atoms with van der Waals surface area (Å²) in [5.74, 6) is 4.60. The summed E-state index contributed by atoms with van der Waals surface area (Å²) in [4.78, 5) is 11.9. The van der Waals surface area contributed by atoms with Crippen molar-refractivity contribution in [3.8, 4) is 11.8 Å². The molecule has 1 heterocycles. The highest BCUT2D eigenvalue weighted by molar-refractivity contribution is 5.91. The van der Waals surface area contributed by atoms with Gasteiger partial charge in [0.2, 0.25) is 5.91 Å². The first kappa shape index (κ1) is 15.5. The van der Waals surface area contributed by atoms with Crippen LogP contribution in [0.25, 0.3) is 0 Å². The number of carbonyl (C=O) groups excluding carboxylic acids is 1. The summed E-state index contributed by atoms with van der Waals surface area (Å²) in [5, 5.41) is 2.68. The average molecular weight is 290 g/mol. The molecule has 1 aromatic rings. The Balaban J connectivity index is 1.92. The third kappa shape index (κ3) is 4.85. The maximum Gasteiger partial charge on any atom is 0.226 e. The van der Waals surface area contributed by atoms with Crippen LogP contribution in [0.15, 0.2) is 18.2 Å². The molecule has 0 aliphatic carbocycles. The van der Waals surface area contributed by atoms with Gasteiger partial charge in [0.25, 0.3) is 0 Å². The SMILES string of the molecule is NCC#Cc1ccc(NC(=O)CC2CCCCO2)cc1F. The minimum atomic E-state index is -0.470. The maximum absolute atomic E-state index is 13.8. The summed E-state index contributed by atoms with van der Waals surface area (Å²) in [6.45, 7) is 0.889. The zero-order valence-electron chi connectivity index (χ0n) is 11.8. The lowest BCUT2D eigenvalue weighted by atomic mass is 10.1. The van der Waals surface area contributed by atoms with Crippen molar-refractivity contribution in [2.24, 2.45) is 5.73 Å². The van der Waals surface area contributed by atoms with Crippen LogP contribution in [0.2, 0.25) is 0 Å². The number of hydrogen-bond donors (Lipinski definition) is 2. The zero-order valence-corrected chi connectivity index (χ0v) is 11.8. The van der Waals surface area contributed by atoms with Crippen LogP contribution in [0, 0.1) is 17.7 Å². The van der Waals surface area contributed by atoms with Crippen molar-refractivity contribution in [3.63, 3.8) is 0 Å². The van der Waals surface area contributed by atoms with Crippen LogP contribution < -0.4 is 11.1 Å². The van der Waals surface area contributed by atoms with Gasteiger partial charge in [-0.1, -0.05) is 11.8 Å². The van der Waals surface area contributed by atoms with Crippen molar-refractivity contribution in [1.82, 2.24) is 0 Å². The number of nitrogens with two attached hydrogens (primary N) is 1. The number of amides is 1. The highest BCUT2D eigenvalue weighted by Crippen LogP contribution is 2.18. The van der Waals surface area contributed by atoms with E-state index >= 15 is 0 Å². The van der Waals surface area contributed by atoms with E-state index in [-0.39, 0.29) is 24.1 Å². The first-order valence-corrected chi connectivity index (χ1v) is 7.09. The standard InChI is InChI=1S/C16H19FN2O2/c17-15-10-13(7-6-12(15)4-3-8-18)19-16(20)11-14-5-1-2-9-21-14/h6-7,10,14H,1-2,5,8-9,11,18H2,(H,19,20). The van der Waals surface area contributed by atoms with Crippen LogP contribution in [0.5, 0.6) is 0 Å². The molecule has 112 valence electrons. The van der Waals surface area contributed by atoms with Gasteiger partial charge in [-0.3, -0.25) is 4.79 Å². The fourth-order valence-corrected chi connectivity index (χ4v) is 2.23. The largest absolute Gasteiger partial charge is 0.378 e. The Labute approximate surface area is 123 Å². The summed E-state index contributed by atoms with van der Waals surface area (Å²) in [5.41, 5.74) is 5.94. The van der Waals surface area contributed by atoms with Crippen molar-refractivity contribution in [2.75, 3.05) is 18.5 Å². The van der Waals surface area contributed by atoms with E-state index in [1.165, 1.54) is 12.1 Å². The fraction of sp³-hybridized carbons (Fsp3) is 0.438. The van der Waals surface area contributed by atoms with Gasteiger partial charge in [-0.05, 0) is 37.5 Å². The van der Waals surface area contributed by atoms with E-state index in [1.807, 2.05) is 0 Å². The van der Waals surface area contributed by atoms with Crippen LogP contribution in [0.3, 0.4) is 0 Å². The molecule has 1 saturated heterocycles. The number of rotatable bonds is 3. The van der Waals surface area contributed by atoms with E-state index in [4.69, 9.17) is 10.5 Å². The molecule has 1 unspecified atom stereocenters. The molecule has 1 aromatic carbocycles. The third-order valence-electron chi connectivity index (χ3n) is 3.27. The quantitative estimate of drug-likeness (QED) is 0.837. The maximum atomic E-state index is 13.8. The Bertz CT molecular complexity index is 557. The lowest BCUT2D eigenvalue weighted by molar-refractivity contribution is -0.119. The van der Waals surface area contributed by atoms with Crippen LogP contribution in [0.1, 0.15) is 31.2 Å². The van der Waals surface area contributed by atoms with Gasteiger partial charge >= 0.3 is 0 Å². The average Bonchev–Trinajstić information content (AvgIpc) is 2.47. The molecule has 0 saturated carbocycles. The van der Waals surface area contributed by atoms with Crippen LogP contribution in [0.4, 0.5) is 10.1 Å². The number of halogens is 1. The van der Waals surface area contributed by atoms with Gasteiger partial charge < -0.3 is 15.8 Å². The van der Waals surface area contributed by atoms with E-state index in [0.717, 1.165) is 19.3 Å². The van der Waals surface area contributed by atoms with Gasteiger partial charge in [0, 0.05) is 12.3 Å². The van der Waals surface area contributed by atoms with Gasteiger partial charge in [0.05, 0.1) is 24.6 Å². The van der Waals surface area contributed by atoms with E-state index < -0.39 is 5.82 Å². The van der Waals surface area contributed by atoms with E-state index in [9.17, 15) is 9.18 Å². The van der Waals surface area contributed by atoms with Crippen molar-refractivity contribution < 1.29 is 13.9 Å². The van der Waals surface area contributed by atoms with Crippen LogP contribution in [-0.2, 0) is 9.53 Å². The van der Waals surface area contributed by atoms with E-state index in [1.54, 1.807) is 6.07 Å². The number of anilines is 1. The second-order valence-electron chi connectivity index (χ2n) is 4.94. The lowest BCUT2D eigenvalue weighted by Gasteiger charge is -2.21. The Kier molecular flexibility index (Phi) is 5.73. The van der Waals surface area contributed by atoms with Crippen molar-refractivity contribution in [3.05, 3.63) is 29.6 Å². The Morgan fingerprint density at radius 2 is 2.33 bits per heavy atom. The smallest absolute Gasteiger partial charge is 0.226 e. The second-order valence-corrected chi connectivity index (χ2v) is 4.94. The summed E-state index contributed by atoms with van der Waals surface area (Å²) in [7, 11) is 0. The van der Waals surface area contributed by atoms with Crippen LogP contribution in [-0.4, -0.2) is 25.2 Å². The summed E-state index contributed by atoms with van der Waals surface area (Å²) >= 11 is 0. The monoisotopic (exact) mass is 290 g/mol. The lowest BCUT2D eigenvalue weighted by Crippen LogP contribution is -2.25. The van der Waals surface area contributed by atoms with E-state index in [0.29, 0.717) is 18.7 Å². The number of benzene rings is 1. The molecule has 1 aliphatic heterocycles. The minimum Gasteiger partial charge on any atom is -0.378 e. The molecular formula is C16H19FN2O2. The van der Waals surface area contributed by atoms with Crippen molar-refractivity contribution in [1.29, 1.82) is 0 Å². The number of carbonyl (C=O) groups is 1. The highest BCUT2D eigenvalue weighted by Gasteiger charge is 2.17. The number of nitrogens with one attached hydrogen (secondary N) is 1. The molecule has 2 rings (SSSR count). The predicted octanol–water partition coefficient (Wildman–Crippen LogP) is 2.03. The molecule has 0 spiro atoms. The fourth-order valence-electron chi connectivity index (χ4n) is 2.23. The number of hydrogen-bond acceptors (Lipinski definition) is 3. The van der Waals surface area contributed by atoms with Crippen molar-refractivity contribution in [2.45, 2.75) is 31.8 Å². The predicted molar refractivity (Wildman–Crippen MR) is 79.2 cm³/mol. The molecule has 0 bridgehead atoms. The highest BCUT2D eigenvalue weighted by atomic mass is 19.1. The second kappa shape index (κ2) is 7.77. The van der Waals surface area contributed by atoms with Crippen LogP contribution >= 0.6 is 0 Å². The third-order valence-corrected chi connectivity index (χ3v) is 3.27. The molecule has 4 nitrogen and oxygen atoms in total. The number of ether oxygens (including phenoxy) is 1. The Morgan fingerprint density at radius 3 is 3.00 bits per heavy atom. The Morgan fingerprint density at radius 1 is 1.48 bits per heavy atom. The van der Waals surface area contributed by atoms with Gasteiger partial charge in [0.15, 0.2) is 0 Å². The molecular weight excluding hydrogens is 271 g/mol. The molecule has 3 N–H and O–H groups in total. The van der Waals surface area contributed by atoms with Gasteiger partial charge in [-0.2, -0.15) is 0 Å². The normalized spacial score (nSPS) is 17.7. The first-order valence-electron chi connectivity index (χ1n) is 7.09. The topological polar surface area (TPSA) is 64.3 Å². The van der Waals surface area contributed by atoms with Gasteiger partial charge in [0.1, 0.15) is 5.82 Å². The summed E-state index contributed by atoms with van der Waals surface area (Å²) in [6.07, 6.45) is 3.31. The molecule has 1 aliphatic rings. The molecule has 1 atom stereocenters. The molecule has 0 radical (unpaired) electrons. The zero-order chi connectivity index (χ0) is 15.1. The van der Waals surface area contributed by atoms with Gasteiger partial charge in [-0.15, -0.1) is 0 Å². The molecule has 1 amide bonds. The van der Waals surface area contributed by atoms with Crippen molar-refractivity contribution >= 4 is 11.6 Å². The van der Waals surface area contributed by atoms with Gasteiger partial charge in [-0.25, -0.2) is 4.39 Å². The minimum absolute atomic E-state index is 0.0294. The summed E-state index contributed by atoms with van der Waals surface area (Å²) in [6, 6.07) is 4.42. The van der Waals surface area contributed by atoms with E-state index in [2.05, 4.69) is 17.2 Å². The first-order chi connectivity index (χ1) is 10.2.